The van der Waals surface area contributed by atoms with Crippen LogP contribution in [0.3, 0.4) is 0 Å². The third-order valence-corrected chi connectivity index (χ3v) is 4.37. The van der Waals surface area contributed by atoms with Crippen molar-refractivity contribution in [3.8, 4) is 0 Å². The number of para-hydroxylation sites is 2. The van der Waals surface area contributed by atoms with E-state index in [4.69, 9.17) is 4.74 Å². The summed E-state index contributed by atoms with van der Waals surface area (Å²) in [6.45, 7) is 2.35. The molecule has 0 saturated carbocycles. The van der Waals surface area contributed by atoms with Gasteiger partial charge in [-0.05, 0) is 43.3 Å². The van der Waals surface area contributed by atoms with Gasteiger partial charge in [0, 0.05) is 10.0 Å². The number of esters is 1. The number of hydrogen-bond donors (Lipinski definition) is 1. The number of nitrogens with zero attached hydrogens (tertiary/aromatic N) is 2. The van der Waals surface area contributed by atoms with Crippen molar-refractivity contribution in [1.29, 1.82) is 0 Å². The van der Waals surface area contributed by atoms with Crippen LogP contribution in [0.4, 0.5) is 0 Å². The summed E-state index contributed by atoms with van der Waals surface area (Å²) >= 11 is 3.35. The fraction of sp³-hybridized carbons (Fsp3) is 0.211. The minimum atomic E-state index is -0.337. The Bertz CT molecular complexity index is 935. The molecule has 0 aliphatic carbocycles. The molecule has 134 valence electrons. The van der Waals surface area contributed by atoms with Gasteiger partial charge in [-0.3, -0.25) is 9.59 Å². The van der Waals surface area contributed by atoms with Crippen LogP contribution in [-0.2, 0) is 22.6 Å². The van der Waals surface area contributed by atoms with E-state index in [-0.39, 0.29) is 25.0 Å². The molecular formula is C19H18BrN3O3. The van der Waals surface area contributed by atoms with Crippen molar-refractivity contribution in [2.24, 2.45) is 0 Å². The molecule has 1 N–H and O–H groups in total. The second-order valence-electron chi connectivity index (χ2n) is 5.60. The average Bonchev–Trinajstić information content (AvgIpc) is 2.98. The van der Waals surface area contributed by atoms with Gasteiger partial charge in [-0.2, -0.15) is 0 Å². The minimum Gasteiger partial charge on any atom is -0.465 e. The number of aromatic nitrogens is 2. The summed E-state index contributed by atoms with van der Waals surface area (Å²) in [5, 5.41) is 2.85. The first-order valence-electron chi connectivity index (χ1n) is 8.22. The van der Waals surface area contributed by atoms with E-state index in [2.05, 4.69) is 26.2 Å². The van der Waals surface area contributed by atoms with E-state index < -0.39 is 0 Å². The predicted octanol–water partition coefficient (Wildman–Crippen LogP) is 3.29. The van der Waals surface area contributed by atoms with E-state index in [9.17, 15) is 9.59 Å². The number of nitrogens with one attached hydrogen (secondary N) is 1. The van der Waals surface area contributed by atoms with Crippen LogP contribution in [-0.4, -0.2) is 28.0 Å². The zero-order chi connectivity index (χ0) is 18.5. The molecule has 0 aliphatic heterocycles. The van der Waals surface area contributed by atoms with Gasteiger partial charge >= 0.3 is 5.97 Å². The maximum absolute atomic E-state index is 12.3. The molecule has 0 atom stereocenters. The molecule has 0 bridgehead atoms. The molecule has 2 aromatic carbocycles. The standard InChI is InChI=1S/C19H18BrN3O3/c1-2-26-18(24)12-23-16-6-4-3-5-15(16)22-17(23)11-21-19(25)13-7-9-14(20)10-8-13/h3-10H,2,11-12H2,1H3,(H,21,25). The molecule has 0 unspecified atom stereocenters. The lowest BCUT2D eigenvalue weighted by atomic mass is 10.2. The van der Waals surface area contributed by atoms with Crippen molar-refractivity contribution in [2.75, 3.05) is 6.61 Å². The van der Waals surface area contributed by atoms with E-state index in [0.717, 1.165) is 15.5 Å². The number of carbonyl (C=O) groups excluding carboxylic acids is 2. The van der Waals surface area contributed by atoms with Gasteiger partial charge in [0.15, 0.2) is 0 Å². The van der Waals surface area contributed by atoms with Gasteiger partial charge in [0.1, 0.15) is 12.4 Å². The third-order valence-electron chi connectivity index (χ3n) is 3.84. The van der Waals surface area contributed by atoms with Crippen molar-refractivity contribution in [1.82, 2.24) is 14.9 Å². The molecule has 0 fully saturated rings. The monoisotopic (exact) mass is 415 g/mol. The summed E-state index contributed by atoms with van der Waals surface area (Å²) < 4.78 is 7.73. The molecule has 7 heteroatoms. The number of imidazole rings is 1. The first-order chi connectivity index (χ1) is 12.6. The van der Waals surface area contributed by atoms with Crippen molar-refractivity contribution in [3.05, 3.63) is 64.4 Å². The third kappa shape index (κ3) is 4.11. The Labute approximate surface area is 159 Å². The van der Waals surface area contributed by atoms with Gasteiger partial charge < -0.3 is 14.6 Å². The lowest BCUT2D eigenvalue weighted by Gasteiger charge is -2.10. The van der Waals surface area contributed by atoms with Gasteiger partial charge in [0.2, 0.25) is 0 Å². The van der Waals surface area contributed by atoms with Crippen LogP contribution in [0.25, 0.3) is 11.0 Å². The Morgan fingerprint density at radius 3 is 2.62 bits per heavy atom. The molecule has 1 heterocycles. The van der Waals surface area contributed by atoms with Gasteiger partial charge in [0.25, 0.3) is 5.91 Å². The van der Waals surface area contributed by atoms with Gasteiger partial charge in [0.05, 0.1) is 24.2 Å². The molecule has 0 saturated heterocycles. The lowest BCUT2D eigenvalue weighted by molar-refractivity contribution is -0.143. The number of hydrogen-bond acceptors (Lipinski definition) is 4. The normalized spacial score (nSPS) is 10.7. The van der Waals surface area contributed by atoms with Crippen molar-refractivity contribution < 1.29 is 14.3 Å². The Morgan fingerprint density at radius 2 is 1.88 bits per heavy atom. The molecule has 6 nitrogen and oxygen atoms in total. The molecule has 0 aliphatic rings. The van der Waals surface area contributed by atoms with Crippen LogP contribution < -0.4 is 5.32 Å². The van der Waals surface area contributed by atoms with E-state index in [1.54, 1.807) is 23.6 Å². The fourth-order valence-electron chi connectivity index (χ4n) is 2.64. The maximum Gasteiger partial charge on any atom is 0.326 e. The molecule has 3 aromatic rings. The number of carbonyl (C=O) groups is 2. The Morgan fingerprint density at radius 1 is 1.15 bits per heavy atom. The Balaban J connectivity index is 1.81. The van der Waals surface area contributed by atoms with Crippen molar-refractivity contribution in [3.63, 3.8) is 0 Å². The van der Waals surface area contributed by atoms with Crippen molar-refractivity contribution in [2.45, 2.75) is 20.0 Å². The molecule has 3 rings (SSSR count). The van der Waals surface area contributed by atoms with E-state index in [1.165, 1.54) is 0 Å². The number of fused-ring (bicyclic) bond motifs is 1. The molecule has 0 spiro atoms. The summed E-state index contributed by atoms with van der Waals surface area (Å²) in [5.74, 6) is 0.0631. The zero-order valence-electron chi connectivity index (χ0n) is 14.2. The van der Waals surface area contributed by atoms with Crippen LogP contribution in [0.2, 0.25) is 0 Å². The quantitative estimate of drug-likeness (QED) is 0.626. The van der Waals surface area contributed by atoms with Gasteiger partial charge in [-0.15, -0.1) is 0 Å². The van der Waals surface area contributed by atoms with Crippen LogP contribution >= 0.6 is 15.9 Å². The van der Waals surface area contributed by atoms with Crippen LogP contribution in [0.5, 0.6) is 0 Å². The molecule has 0 radical (unpaired) electrons. The van der Waals surface area contributed by atoms with E-state index >= 15 is 0 Å². The highest BCUT2D eigenvalue weighted by molar-refractivity contribution is 9.10. The molecule has 26 heavy (non-hydrogen) atoms. The summed E-state index contributed by atoms with van der Waals surface area (Å²) in [5.41, 5.74) is 2.15. The average molecular weight is 416 g/mol. The van der Waals surface area contributed by atoms with Gasteiger partial charge in [-0.1, -0.05) is 28.1 Å². The molecule has 1 amide bonds. The maximum atomic E-state index is 12.3. The number of halogens is 1. The van der Waals surface area contributed by atoms with Crippen LogP contribution in [0.1, 0.15) is 23.1 Å². The lowest BCUT2D eigenvalue weighted by Crippen LogP contribution is -2.25. The summed E-state index contributed by atoms with van der Waals surface area (Å²) in [6, 6.07) is 14.6. The van der Waals surface area contributed by atoms with E-state index in [1.807, 2.05) is 36.4 Å². The van der Waals surface area contributed by atoms with Crippen molar-refractivity contribution >= 4 is 38.8 Å². The summed E-state index contributed by atoms with van der Waals surface area (Å²) in [6.07, 6.45) is 0. The largest absolute Gasteiger partial charge is 0.465 e. The second-order valence-corrected chi connectivity index (χ2v) is 6.51. The minimum absolute atomic E-state index is 0.0534. The number of amides is 1. The zero-order valence-corrected chi connectivity index (χ0v) is 15.8. The Kier molecular flexibility index (Phi) is 5.68. The molecule has 1 aromatic heterocycles. The van der Waals surface area contributed by atoms with Gasteiger partial charge in [-0.25, -0.2) is 4.98 Å². The highest BCUT2D eigenvalue weighted by atomic mass is 79.9. The molecular weight excluding hydrogens is 398 g/mol. The smallest absolute Gasteiger partial charge is 0.326 e. The summed E-state index contributed by atoms with van der Waals surface area (Å²) in [4.78, 5) is 28.8. The van der Waals surface area contributed by atoms with Crippen LogP contribution in [0, 0.1) is 0 Å². The second kappa shape index (κ2) is 8.14. The summed E-state index contributed by atoms with van der Waals surface area (Å²) in [7, 11) is 0. The fourth-order valence-corrected chi connectivity index (χ4v) is 2.90. The highest BCUT2D eigenvalue weighted by Gasteiger charge is 2.15. The number of rotatable bonds is 6. The highest BCUT2D eigenvalue weighted by Crippen LogP contribution is 2.16. The first-order valence-corrected chi connectivity index (χ1v) is 9.01. The first kappa shape index (κ1) is 18.1. The van der Waals surface area contributed by atoms with E-state index in [0.29, 0.717) is 18.0 Å². The SMILES string of the molecule is CCOC(=O)Cn1c(CNC(=O)c2ccc(Br)cc2)nc2ccccc21. The number of ether oxygens (including phenoxy) is 1. The number of benzene rings is 2. The topological polar surface area (TPSA) is 73.2 Å². The predicted molar refractivity (Wildman–Crippen MR) is 102 cm³/mol. The Hall–Kier alpha value is -2.67. The van der Waals surface area contributed by atoms with Crippen LogP contribution in [0.15, 0.2) is 53.0 Å².